The molecule has 6 heteroatoms. The van der Waals surface area contributed by atoms with Crippen LogP contribution < -0.4 is 0 Å². The van der Waals surface area contributed by atoms with Gasteiger partial charge in [0.05, 0.1) is 6.10 Å². The largest absolute Gasteiger partial charge is 0.459 e. The van der Waals surface area contributed by atoms with Crippen molar-refractivity contribution in [1.29, 1.82) is 0 Å². The Morgan fingerprint density at radius 2 is 1.48 bits per heavy atom. The van der Waals surface area contributed by atoms with E-state index in [1.54, 1.807) is 0 Å². The van der Waals surface area contributed by atoms with E-state index in [1.807, 2.05) is 74.5 Å². The van der Waals surface area contributed by atoms with Crippen molar-refractivity contribution in [3.63, 3.8) is 0 Å². The maximum atomic E-state index is 12.8. The molecule has 0 spiro atoms. The van der Waals surface area contributed by atoms with E-state index < -0.39 is 24.2 Å². The van der Waals surface area contributed by atoms with Crippen molar-refractivity contribution >= 4 is 12.1 Å². The molecule has 0 aliphatic carbocycles. The zero-order chi connectivity index (χ0) is 20.8. The Balaban J connectivity index is 1.68. The van der Waals surface area contributed by atoms with Crippen LogP contribution in [-0.2, 0) is 27.5 Å². The lowest BCUT2D eigenvalue weighted by Gasteiger charge is -2.24. The summed E-state index contributed by atoms with van der Waals surface area (Å²) in [4.78, 5) is 26.8. The fourth-order valence-corrected chi connectivity index (χ4v) is 3.54. The highest BCUT2D eigenvalue weighted by atomic mass is 16.6. The van der Waals surface area contributed by atoms with Gasteiger partial charge in [-0.2, -0.15) is 0 Å². The third kappa shape index (κ3) is 5.15. The van der Waals surface area contributed by atoms with Gasteiger partial charge in [0.15, 0.2) is 6.04 Å². The normalized spacial score (nSPS) is 21.2. The lowest BCUT2D eigenvalue weighted by molar-refractivity contribution is -0.153. The predicted octanol–water partition coefficient (Wildman–Crippen LogP) is 3.38. The van der Waals surface area contributed by atoms with E-state index in [9.17, 15) is 14.7 Å². The molecule has 0 unspecified atom stereocenters. The van der Waals surface area contributed by atoms with Gasteiger partial charge in [-0.3, -0.25) is 4.90 Å². The molecule has 1 N–H and O–H groups in total. The van der Waals surface area contributed by atoms with Crippen molar-refractivity contribution in [3.05, 3.63) is 71.8 Å². The van der Waals surface area contributed by atoms with Crippen LogP contribution in [0.2, 0.25) is 0 Å². The molecule has 1 aliphatic heterocycles. The van der Waals surface area contributed by atoms with Gasteiger partial charge < -0.3 is 14.6 Å². The number of carbonyl (C=O) groups is 2. The smallest absolute Gasteiger partial charge is 0.410 e. The molecule has 1 aliphatic rings. The first-order valence-corrected chi connectivity index (χ1v) is 9.83. The number of likely N-dealkylation sites (tertiary alicyclic amines) is 1. The third-order valence-electron chi connectivity index (χ3n) is 5.27. The Morgan fingerprint density at radius 1 is 0.966 bits per heavy atom. The number of rotatable bonds is 6. The average Bonchev–Trinajstić information content (AvgIpc) is 3.09. The van der Waals surface area contributed by atoms with Crippen molar-refractivity contribution in [1.82, 2.24) is 4.90 Å². The van der Waals surface area contributed by atoms with Crippen LogP contribution in [0.4, 0.5) is 4.79 Å². The first-order chi connectivity index (χ1) is 14.0. The summed E-state index contributed by atoms with van der Waals surface area (Å²) in [6.45, 7) is 4.35. The summed E-state index contributed by atoms with van der Waals surface area (Å²) in [5.74, 6) is -0.754. The van der Waals surface area contributed by atoms with Crippen molar-refractivity contribution in [2.75, 3.05) is 6.54 Å². The second-order valence-electron chi connectivity index (χ2n) is 7.63. The highest BCUT2D eigenvalue weighted by Gasteiger charge is 2.49. The van der Waals surface area contributed by atoms with Gasteiger partial charge in [-0.1, -0.05) is 74.5 Å². The number of hydrogen-bond acceptors (Lipinski definition) is 5. The average molecular weight is 397 g/mol. The van der Waals surface area contributed by atoms with E-state index in [0.29, 0.717) is 0 Å². The maximum absolute atomic E-state index is 12.8. The molecule has 2 aromatic carbocycles. The van der Waals surface area contributed by atoms with Gasteiger partial charge >= 0.3 is 12.1 Å². The summed E-state index contributed by atoms with van der Waals surface area (Å²) in [7, 11) is 0. The van der Waals surface area contributed by atoms with Crippen LogP contribution in [0.15, 0.2) is 60.7 Å². The maximum Gasteiger partial charge on any atom is 0.410 e. The predicted molar refractivity (Wildman–Crippen MR) is 108 cm³/mol. The van der Waals surface area contributed by atoms with Gasteiger partial charge in [-0.05, 0) is 17.0 Å². The first kappa shape index (κ1) is 20.9. The van der Waals surface area contributed by atoms with E-state index in [4.69, 9.17) is 9.47 Å². The van der Waals surface area contributed by atoms with Gasteiger partial charge in [0.25, 0.3) is 0 Å². The Bertz CT molecular complexity index is 809. The van der Waals surface area contributed by atoms with Crippen LogP contribution in [-0.4, -0.2) is 40.8 Å². The van der Waals surface area contributed by atoms with E-state index in [2.05, 4.69) is 0 Å². The second-order valence-corrected chi connectivity index (χ2v) is 7.63. The van der Waals surface area contributed by atoms with E-state index in [1.165, 1.54) is 4.90 Å². The fraction of sp³-hybridized carbons (Fsp3) is 0.391. The molecule has 29 heavy (non-hydrogen) atoms. The van der Waals surface area contributed by atoms with Crippen molar-refractivity contribution < 1.29 is 24.2 Å². The molecule has 0 radical (unpaired) electrons. The molecule has 1 saturated heterocycles. The van der Waals surface area contributed by atoms with Gasteiger partial charge in [-0.15, -0.1) is 0 Å². The fourth-order valence-electron chi connectivity index (χ4n) is 3.54. The van der Waals surface area contributed by atoms with Crippen molar-refractivity contribution in [3.8, 4) is 0 Å². The quantitative estimate of drug-likeness (QED) is 0.756. The van der Waals surface area contributed by atoms with Crippen LogP contribution >= 0.6 is 0 Å². The second kappa shape index (κ2) is 9.56. The monoisotopic (exact) mass is 397 g/mol. The van der Waals surface area contributed by atoms with Crippen molar-refractivity contribution in [2.45, 2.75) is 39.2 Å². The topological polar surface area (TPSA) is 76.1 Å². The Labute approximate surface area is 171 Å². The molecule has 0 bridgehead atoms. The minimum absolute atomic E-state index is 0.0855. The number of nitrogens with zero attached hydrogens (tertiary/aromatic N) is 1. The summed E-state index contributed by atoms with van der Waals surface area (Å²) < 4.78 is 10.8. The van der Waals surface area contributed by atoms with E-state index >= 15 is 0 Å². The molecule has 3 atom stereocenters. The number of aliphatic hydroxyl groups is 1. The summed E-state index contributed by atoms with van der Waals surface area (Å²) >= 11 is 0. The molecule has 6 nitrogen and oxygen atoms in total. The molecular formula is C23H27NO5. The van der Waals surface area contributed by atoms with Gasteiger partial charge in [0.1, 0.15) is 13.2 Å². The number of ether oxygens (including phenoxy) is 2. The van der Waals surface area contributed by atoms with Gasteiger partial charge in [-0.25, -0.2) is 9.59 Å². The summed E-state index contributed by atoms with van der Waals surface area (Å²) in [6.07, 6.45) is -1.62. The zero-order valence-electron chi connectivity index (χ0n) is 16.7. The summed E-state index contributed by atoms with van der Waals surface area (Å²) in [5.41, 5.74) is 1.69. The molecule has 1 heterocycles. The number of aliphatic hydroxyl groups excluding tert-OH is 1. The van der Waals surface area contributed by atoms with Crippen LogP contribution in [0, 0.1) is 11.8 Å². The molecule has 2 aromatic rings. The van der Waals surface area contributed by atoms with Crippen LogP contribution in [0.5, 0.6) is 0 Å². The molecule has 3 rings (SSSR count). The number of hydrogen-bond donors (Lipinski definition) is 1. The number of benzene rings is 2. The minimum atomic E-state index is -1.07. The number of carbonyl (C=O) groups excluding carboxylic acids is 2. The number of amides is 1. The molecule has 1 fully saturated rings. The third-order valence-corrected chi connectivity index (χ3v) is 5.27. The van der Waals surface area contributed by atoms with Gasteiger partial charge in [0, 0.05) is 12.5 Å². The Hall–Kier alpha value is -2.86. The minimum Gasteiger partial charge on any atom is -0.459 e. The SMILES string of the molecule is CC(C)[C@H]1CN(C(=O)OCc2ccccc2)[C@H](C(=O)OCc2ccccc2)[C@H]1O. The van der Waals surface area contributed by atoms with Crippen LogP contribution in [0.3, 0.4) is 0 Å². The lowest BCUT2D eigenvalue weighted by Crippen LogP contribution is -2.46. The highest BCUT2D eigenvalue weighted by Crippen LogP contribution is 2.31. The lowest BCUT2D eigenvalue weighted by atomic mass is 9.91. The summed E-state index contributed by atoms with van der Waals surface area (Å²) in [6, 6.07) is 17.5. The Morgan fingerprint density at radius 3 is 2.00 bits per heavy atom. The molecule has 0 saturated carbocycles. The first-order valence-electron chi connectivity index (χ1n) is 9.83. The van der Waals surface area contributed by atoms with Crippen LogP contribution in [0.25, 0.3) is 0 Å². The summed E-state index contributed by atoms with van der Waals surface area (Å²) in [5, 5.41) is 10.7. The highest BCUT2D eigenvalue weighted by molar-refractivity contribution is 5.83. The van der Waals surface area contributed by atoms with Gasteiger partial charge in [0.2, 0.25) is 0 Å². The van der Waals surface area contributed by atoms with Crippen LogP contribution in [0.1, 0.15) is 25.0 Å². The zero-order valence-corrected chi connectivity index (χ0v) is 16.7. The molecule has 0 aromatic heterocycles. The molecular weight excluding hydrogens is 370 g/mol. The Kier molecular flexibility index (Phi) is 6.88. The standard InChI is InChI=1S/C23H27NO5/c1-16(2)19-13-24(23(27)29-15-18-11-7-4-8-12-18)20(21(19)25)22(26)28-14-17-9-5-3-6-10-17/h3-12,16,19-21,25H,13-15H2,1-2H3/t19-,20+,21+/m1/s1. The van der Waals surface area contributed by atoms with E-state index in [-0.39, 0.29) is 31.6 Å². The molecule has 154 valence electrons. The number of esters is 1. The van der Waals surface area contributed by atoms with E-state index in [0.717, 1.165) is 11.1 Å². The van der Waals surface area contributed by atoms with Crippen molar-refractivity contribution in [2.24, 2.45) is 11.8 Å². The molecule has 1 amide bonds.